The first-order valence-corrected chi connectivity index (χ1v) is 6.81. The fraction of sp³-hybridized carbons (Fsp3) is 0.625. The van der Waals surface area contributed by atoms with Gasteiger partial charge in [0.25, 0.3) is 0 Å². The summed E-state index contributed by atoms with van der Waals surface area (Å²) in [5, 5.41) is 3.56. The van der Waals surface area contributed by atoms with Crippen molar-refractivity contribution < 1.29 is 0 Å². The summed E-state index contributed by atoms with van der Waals surface area (Å²) in [7, 11) is 0. The molecule has 1 aliphatic rings. The van der Waals surface area contributed by atoms with Crippen LogP contribution in [0.5, 0.6) is 0 Å². The van der Waals surface area contributed by atoms with E-state index in [1.54, 1.807) is 0 Å². The lowest BCUT2D eigenvalue weighted by molar-refractivity contribution is 0.120. The lowest BCUT2D eigenvalue weighted by Crippen LogP contribution is -2.44. The Kier molecular flexibility index (Phi) is 3.58. The summed E-state index contributed by atoms with van der Waals surface area (Å²) in [6.07, 6.45) is 1.28. The smallest absolute Gasteiger partial charge is 0.00255 e. The monoisotopic (exact) mass is 231 g/mol. The molecule has 1 N–H and O–H groups in total. The molecule has 2 unspecified atom stereocenters. The molecule has 1 aliphatic heterocycles. The van der Waals surface area contributed by atoms with E-state index in [0.717, 1.165) is 19.0 Å². The van der Waals surface area contributed by atoms with Crippen molar-refractivity contribution in [2.45, 2.75) is 40.0 Å². The molecule has 17 heavy (non-hydrogen) atoms. The molecule has 94 valence electrons. The molecule has 1 fully saturated rings. The van der Waals surface area contributed by atoms with Gasteiger partial charge in [0.05, 0.1) is 0 Å². The third-order valence-corrected chi connectivity index (χ3v) is 4.75. The van der Waals surface area contributed by atoms with Crippen LogP contribution in [0.4, 0.5) is 0 Å². The minimum Gasteiger partial charge on any atom is -0.316 e. The maximum absolute atomic E-state index is 3.56. The Morgan fingerprint density at radius 1 is 1.35 bits per heavy atom. The number of nitrogens with one attached hydrogen (secondary N) is 1. The summed E-state index contributed by atoms with van der Waals surface area (Å²) in [5.41, 5.74) is 3.31. The van der Waals surface area contributed by atoms with Crippen molar-refractivity contribution in [3.8, 4) is 0 Å². The molecule has 1 aromatic rings. The Hall–Kier alpha value is -0.820. The van der Waals surface area contributed by atoms with Gasteiger partial charge in [-0.25, -0.2) is 0 Å². The maximum Gasteiger partial charge on any atom is 0.00255 e. The van der Waals surface area contributed by atoms with Crippen molar-refractivity contribution in [3.05, 3.63) is 35.4 Å². The average molecular weight is 231 g/mol. The van der Waals surface area contributed by atoms with Crippen molar-refractivity contribution in [1.29, 1.82) is 0 Å². The number of piperidine rings is 1. The molecule has 1 aromatic carbocycles. The molecule has 1 heterocycles. The van der Waals surface area contributed by atoms with E-state index >= 15 is 0 Å². The highest BCUT2D eigenvalue weighted by molar-refractivity contribution is 5.28. The van der Waals surface area contributed by atoms with Gasteiger partial charge in [0, 0.05) is 12.5 Å². The third kappa shape index (κ3) is 2.40. The molecule has 2 rings (SSSR count). The molecule has 1 heteroatoms. The van der Waals surface area contributed by atoms with Crippen LogP contribution < -0.4 is 5.32 Å². The molecule has 0 saturated carbocycles. The van der Waals surface area contributed by atoms with E-state index in [1.807, 2.05) is 0 Å². The molecular formula is C16H25N. The van der Waals surface area contributed by atoms with Crippen LogP contribution in [0.1, 0.15) is 44.2 Å². The number of benzene rings is 1. The predicted molar refractivity (Wildman–Crippen MR) is 74.4 cm³/mol. The fourth-order valence-electron chi connectivity index (χ4n) is 3.09. The van der Waals surface area contributed by atoms with E-state index in [0.29, 0.717) is 11.3 Å². The Morgan fingerprint density at radius 2 is 2.12 bits per heavy atom. The van der Waals surface area contributed by atoms with Crippen LogP contribution in [0.15, 0.2) is 24.3 Å². The summed E-state index contributed by atoms with van der Waals surface area (Å²) in [6.45, 7) is 11.7. The van der Waals surface area contributed by atoms with Crippen LogP contribution in [0.3, 0.4) is 0 Å². The Balaban J connectivity index is 2.34. The number of hydrogen-bond donors (Lipinski definition) is 1. The zero-order chi connectivity index (χ0) is 12.5. The third-order valence-electron chi connectivity index (χ3n) is 4.75. The largest absolute Gasteiger partial charge is 0.316 e. The highest BCUT2D eigenvalue weighted by Gasteiger charge is 2.39. The van der Waals surface area contributed by atoms with Gasteiger partial charge in [-0.15, -0.1) is 0 Å². The van der Waals surface area contributed by atoms with Gasteiger partial charge in [-0.2, -0.15) is 0 Å². The van der Waals surface area contributed by atoms with Crippen molar-refractivity contribution in [1.82, 2.24) is 5.32 Å². The Labute approximate surface area is 106 Å². The molecule has 0 amide bonds. The van der Waals surface area contributed by atoms with Gasteiger partial charge < -0.3 is 5.32 Å². The summed E-state index contributed by atoms with van der Waals surface area (Å²) >= 11 is 0. The minimum atomic E-state index is 0.430. The second kappa shape index (κ2) is 4.81. The van der Waals surface area contributed by atoms with E-state index in [1.165, 1.54) is 17.5 Å². The molecule has 0 radical (unpaired) electrons. The molecule has 0 bridgehead atoms. The maximum atomic E-state index is 3.56. The van der Waals surface area contributed by atoms with Crippen molar-refractivity contribution in [2.24, 2.45) is 11.3 Å². The number of rotatable bonds is 2. The van der Waals surface area contributed by atoms with Crippen LogP contribution in [-0.4, -0.2) is 13.1 Å². The summed E-state index contributed by atoms with van der Waals surface area (Å²) in [6, 6.07) is 9.04. The van der Waals surface area contributed by atoms with E-state index in [2.05, 4.69) is 57.3 Å². The van der Waals surface area contributed by atoms with Gasteiger partial charge in [-0.05, 0) is 36.8 Å². The van der Waals surface area contributed by atoms with Gasteiger partial charge in [-0.1, -0.05) is 50.6 Å². The zero-order valence-corrected chi connectivity index (χ0v) is 11.6. The van der Waals surface area contributed by atoms with Gasteiger partial charge in [0.2, 0.25) is 0 Å². The quantitative estimate of drug-likeness (QED) is 0.817. The molecule has 2 atom stereocenters. The molecule has 0 aromatic heterocycles. The van der Waals surface area contributed by atoms with Gasteiger partial charge in [0.15, 0.2) is 0 Å². The lowest BCUT2D eigenvalue weighted by Gasteiger charge is -2.45. The second-order valence-electron chi connectivity index (χ2n) is 6.08. The van der Waals surface area contributed by atoms with Crippen molar-refractivity contribution in [3.63, 3.8) is 0 Å². The Morgan fingerprint density at radius 3 is 2.76 bits per heavy atom. The van der Waals surface area contributed by atoms with Gasteiger partial charge in [0.1, 0.15) is 0 Å². The lowest BCUT2D eigenvalue weighted by atomic mass is 9.63. The first kappa shape index (κ1) is 12.6. The van der Waals surface area contributed by atoms with Crippen LogP contribution in [-0.2, 0) is 0 Å². The van der Waals surface area contributed by atoms with E-state index in [-0.39, 0.29) is 0 Å². The standard InChI is InChI=1S/C16H25N/c1-12(2)16(4)8-9-17-11-15(16)14-7-5-6-13(3)10-14/h5-7,10,12,15,17H,8-9,11H2,1-4H3. The zero-order valence-electron chi connectivity index (χ0n) is 11.6. The molecular weight excluding hydrogens is 206 g/mol. The van der Waals surface area contributed by atoms with Crippen LogP contribution >= 0.6 is 0 Å². The van der Waals surface area contributed by atoms with E-state index in [4.69, 9.17) is 0 Å². The summed E-state index contributed by atoms with van der Waals surface area (Å²) in [5.74, 6) is 1.38. The fourth-order valence-corrected chi connectivity index (χ4v) is 3.09. The first-order chi connectivity index (χ1) is 8.04. The minimum absolute atomic E-state index is 0.430. The van der Waals surface area contributed by atoms with Crippen molar-refractivity contribution >= 4 is 0 Å². The average Bonchev–Trinajstić information content (AvgIpc) is 2.29. The van der Waals surface area contributed by atoms with Gasteiger partial charge in [-0.3, -0.25) is 0 Å². The van der Waals surface area contributed by atoms with Crippen molar-refractivity contribution in [2.75, 3.05) is 13.1 Å². The predicted octanol–water partition coefficient (Wildman–Crippen LogP) is 3.73. The van der Waals surface area contributed by atoms with Crippen LogP contribution in [0.2, 0.25) is 0 Å². The highest BCUT2D eigenvalue weighted by atomic mass is 14.9. The second-order valence-corrected chi connectivity index (χ2v) is 6.08. The SMILES string of the molecule is Cc1cccc(C2CNCCC2(C)C(C)C)c1. The molecule has 1 saturated heterocycles. The molecule has 1 nitrogen and oxygen atoms in total. The Bertz CT molecular complexity index is 383. The van der Waals surface area contributed by atoms with E-state index in [9.17, 15) is 0 Å². The van der Waals surface area contributed by atoms with Crippen LogP contribution in [0, 0.1) is 18.3 Å². The topological polar surface area (TPSA) is 12.0 Å². The van der Waals surface area contributed by atoms with Gasteiger partial charge >= 0.3 is 0 Å². The number of hydrogen-bond acceptors (Lipinski definition) is 1. The molecule has 0 spiro atoms. The van der Waals surface area contributed by atoms with E-state index < -0.39 is 0 Å². The highest BCUT2D eigenvalue weighted by Crippen LogP contribution is 2.46. The normalized spacial score (nSPS) is 29.6. The number of aryl methyl sites for hydroxylation is 1. The first-order valence-electron chi connectivity index (χ1n) is 6.81. The summed E-state index contributed by atoms with van der Waals surface area (Å²) in [4.78, 5) is 0. The van der Waals surface area contributed by atoms with Crippen LogP contribution in [0.25, 0.3) is 0 Å². The molecule has 0 aliphatic carbocycles. The summed E-state index contributed by atoms with van der Waals surface area (Å²) < 4.78 is 0.